The Morgan fingerprint density at radius 1 is 1.23 bits per heavy atom. The molecule has 1 heterocycles. The van der Waals surface area contributed by atoms with Gasteiger partial charge in [0.2, 0.25) is 0 Å². The molecule has 2 aromatic carbocycles. The molecule has 1 saturated heterocycles. The van der Waals surface area contributed by atoms with Crippen molar-refractivity contribution >= 4 is 17.6 Å². The molecule has 0 radical (unpaired) electrons. The van der Waals surface area contributed by atoms with Crippen molar-refractivity contribution in [2.24, 2.45) is 0 Å². The molecule has 0 aliphatic carbocycles. The number of aromatic carboxylic acids is 1. The fourth-order valence-electron chi connectivity index (χ4n) is 2.63. The summed E-state index contributed by atoms with van der Waals surface area (Å²) in [4.78, 5) is 23.0. The van der Waals surface area contributed by atoms with E-state index in [0.717, 1.165) is 31.6 Å². The molecule has 1 fully saturated rings. The lowest BCUT2D eigenvalue weighted by molar-refractivity contribution is 0.0679. The quantitative estimate of drug-likeness (QED) is 0.826. The van der Waals surface area contributed by atoms with Gasteiger partial charge in [-0.1, -0.05) is 0 Å². The van der Waals surface area contributed by atoms with Crippen molar-refractivity contribution in [3.63, 3.8) is 0 Å². The fraction of sp³-hybridized carbons (Fsp3) is 0.263. The highest BCUT2D eigenvalue weighted by Gasteiger charge is 2.16. The highest BCUT2D eigenvalue weighted by atomic mass is 19.1. The maximum Gasteiger partial charge on any atom is 0.335 e. The summed E-state index contributed by atoms with van der Waals surface area (Å²) in [6.07, 6.45) is 2.15. The van der Waals surface area contributed by atoms with Gasteiger partial charge in [0.1, 0.15) is 18.2 Å². The van der Waals surface area contributed by atoms with Crippen molar-refractivity contribution in [1.29, 1.82) is 0 Å². The van der Waals surface area contributed by atoms with Gasteiger partial charge in [-0.25, -0.2) is 9.18 Å². The normalized spacial score (nSPS) is 16.3. The van der Waals surface area contributed by atoms with Crippen LogP contribution in [0, 0.1) is 5.82 Å². The molecule has 2 aromatic rings. The van der Waals surface area contributed by atoms with E-state index in [-0.39, 0.29) is 17.2 Å². The van der Waals surface area contributed by atoms with Gasteiger partial charge in [0.25, 0.3) is 5.91 Å². The predicted molar refractivity (Wildman–Crippen MR) is 92.2 cm³/mol. The summed E-state index contributed by atoms with van der Waals surface area (Å²) < 4.78 is 25.0. The van der Waals surface area contributed by atoms with Gasteiger partial charge in [-0.05, 0) is 55.3 Å². The predicted octanol–water partition coefficient (Wildman–Crippen LogP) is 3.33. The van der Waals surface area contributed by atoms with Crippen LogP contribution in [0.1, 0.15) is 33.6 Å². The van der Waals surface area contributed by atoms with Crippen LogP contribution in [0.2, 0.25) is 0 Å². The van der Waals surface area contributed by atoms with Gasteiger partial charge in [-0.3, -0.25) is 4.79 Å². The lowest BCUT2D eigenvalue weighted by Crippen LogP contribution is -2.16. The van der Waals surface area contributed by atoms with E-state index in [0.29, 0.717) is 18.0 Å². The Balaban J connectivity index is 1.59. The maximum atomic E-state index is 13.9. The lowest BCUT2D eigenvalue weighted by Gasteiger charge is -2.12. The highest BCUT2D eigenvalue weighted by Crippen LogP contribution is 2.19. The van der Waals surface area contributed by atoms with E-state index >= 15 is 0 Å². The zero-order chi connectivity index (χ0) is 18.5. The zero-order valence-corrected chi connectivity index (χ0v) is 13.9. The van der Waals surface area contributed by atoms with Crippen LogP contribution in [0.25, 0.3) is 0 Å². The molecule has 1 unspecified atom stereocenters. The summed E-state index contributed by atoms with van der Waals surface area (Å²) in [6.45, 7) is 1.25. The number of rotatable bonds is 6. The Morgan fingerprint density at radius 2 is 2.00 bits per heavy atom. The van der Waals surface area contributed by atoms with Crippen molar-refractivity contribution < 1.29 is 28.6 Å². The number of anilines is 1. The number of amides is 1. The number of carboxylic acids is 1. The standard InChI is InChI=1S/C19H18FNO5/c20-17-10-12(19(23)24)3-8-16(17)18(22)21-13-4-6-14(7-5-13)26-11-15-2-1-9-25-15/h3-8,10,15H,1-2,9,11H2,(H,21,22)(H,23,24). The maximum absolute atomic E-state index is 13.9. The third kappa shape index (κ3) is 4.37. The number of benzene rings is 2. The molecular weight excluding hydrogens is 341 g/mol. The van der Waals surface area contributed by atoms with Crippen LogP contribution in [0.5, 0.6) is 5.75 Å². The van der Waals surface area contributed by atoms with Gasteiger partial charge >= 0.3 is 5.97 Å². The molecular formula is C19H18FNO5. The second-order valence-corrected chi connectivity index (χ2v) is 5.92. The van der Waals surface area contributed by atoms with Crippen molar-refractivity contribution in [1.82, 2.24) is 0 Å². The van der Waals surface area contributed by atoms with E-state index in [4.69, 9.17) is 14.6 Å². The first kappa shape index (κ1) is 17.9. The fourth-order valence-corrected chi connectivity index (χ4v) is 2.63. The van der Waals surface area contributed by atoms with E-state index in [9.17, 15) is 14.0 Å². The topological polar surface area (TPSA) is 84.9 Å². The van der Waals surface area contributed by atoms with Gasteiger partial charge in [0.05, 0.1) is 17.2 Å². The number of hydrogen-bond acceptors (Lipinski definition) is 4. The number of carbonyl (C=O) groups excluding carboxylic acids is 1. The lowest BCUT2D eigenvalue weighted by atomic mass is 10.1. The Hall–Kier alpha value is -2.93. The van der Waals surface area contributed by atoms with Crippen molar-refractivity contribution in [3.8, 4) is 5.75 Å². The Kier molecular flexibility index (Phi) is 5.48. The molecule has 0 bridgehead atoms. The number of hydrogen-bond donors (Lipinski definition) is 2. The molecule has 0 spiro atoms. The van der Waals surface area contributed by atoms with E-state index in [1.54, 1.807) is 24.3 Å². The number of carboxylic acid groups (broad SMARTS) is 1. The van der Waals surface area contributed by atoms with Gasteiger partial charge in [-0.15, -0.1) is 0 Å². The molecule has 2 N–H and O–H groups in total. The van der Waals surface area contributed by atoms with Gasteiger partial charge in [0.15, 0.2) is 0 Å². The Labute approximate surface area is 149 Å². The highest BCUT2D eigenvalue weighted by molar-refractivity contribution is 6.05. The molecule has 1 atom stereocenters. The first-order valence-corrected chi connectivity index (χ1v) is 8.21. The number of nitrogens with one attached hydrogen (secondary N) is 1. The van der Waals surface area contributed by atoms with Crippen molar-refractivity contribution in [3.05, 3.63) is 59.4 Å². The van der Waals surface area contributed by atoms with Crippen LogP contribution in [0.15, 0.2) is 42.5 Å². The van der Waals surface area contributed by atoms with Crippen molar-refractivity contribution in [2.45, 2.75) is 18.9 Å². The Morgan fingerprint density at radius 3 is 2.62 bits per heavy atom. The molecule has 1 aliphatic rings. The average Bonchev–Trinajstić information content (AvgIpc) is 3.14. The first-order valence-electron chi connectivity index (χ1n) is 8.21. The van der Waals surface area contributed by atoms with E-state index in [1.807, 2.05) is 0 Å². The molecule has 7 heteroatoms. The summed E-state index contributed by atoms with van der Waals surface area (Å²) in [5.41, 5.74) is 0.0293. The smallest absolute Gasteiger partial charge is 0.335 e. The average molecular weight is 359 g/mol. The molecule has 26 heavy (non-hydrogen) atoms. The van der Waals surface area contributed by atoms with Crippen LogP contribution < -0.4 is 10.1 Å². The molecule has 6 nitrogen and oxygen atoms in total. The molecule has 0 aromatic heterocycles. The largest absolute Gasteiger partial charge is 0.491 e. The summed E-state index contributed by atoms with van der Waals surface area (Å²) in [7, 11) is 0. The molecule has 3 rings (SSSR count). The zero-order valence-electron chi connectivity index (χ0n) is 13.9. The summed E-state index contributed by atoms with van der Waals surface area (Å²) in [6, 6.07) is 9.84. The van der Waals surface area contributed by atoms with Crippen LogP contribution in [0.4, 0.5) is 10.1 Å². The minimum absolute atomic E-state index is 0.117. The van der Waals surface area contributed by atoms with Crippen molar-refractivity contribution in [2.75, 3.05) is 18.5 Å². The second-order valence-electron chi connectivity index (χ2n) is 5.92. The Bertz CT molecular complexity index is 800. The minimum atomic E-state index is -1.26. The van der Waals surface area contributed by atoms with E-state index in [1.165, 1.54) is 6.07 Å². The van der Waals surface area contributed by atoms with Gasteiger partial charge in [0, 0.05) is 12.3 Å². The van der Waals surface area contributed by atoms with Gasteiger partial charge < -0.3 is 19.9 Å². The number of carbonyl (C=O) groups is 2. The second kappa shape index (κ2) is 7.97. The van der Waals surface area contributed by atoms with E-state index in [2.05, 4.69) is 5.32 Å². The number of ether oxygens (including phenoxy) is 2. The molecule has 136 valence electrons. The van der Waals surface area contributed by atoms with Crippen LogP contribution >= 0.6 is 0 Å². The third-order valence-corrected chi connectivity index (χ3v) is 4.03. The molecule has 1 aliphatic heterocycles. The van der Waals surface area contributed by atoms with E-state index < -0.39 is 17.7 Å². The van der Waals surface area contributed by atoms with Gasteiger partial charge in [-0.2, -0.15) is 0 Å². The summed E-state index contributed by atoms with van der Waals surface area (Å²) in [5.74, 6) is -2.16. The molecule has 1 amide bonds. The SMILES string of the molecule is O=C(O)c1ccc(C(=O)Nc2ccc(OCC3CCCO3)cc2)c(F)c1. The molecule has 0 saturated carbocycles. The first-order chi connectivity index (χ1) is 12.5. The monoisotopic (exact) mass is 359 g/mol. The summed E-state index contributed by atoms with van der Waals surface area (Å²) in [5, 5.41) is 11.4. The van der Waals surface area contributed by atoms with Crippen LogP contribution in [-0.2, 0) is 4.74 Å². The number of halogens is 1. The summed E-state index contributed by atoms with van der Waals surface area (Å²) >= 11 is 0. The minimum Gasteiger partial charge on any atom is -0.491 e. The third-order valence-electron chi connectivity index (χ3n) is 4.03. The van der Waals surface area contributed by atoms with Crippen LogP contribution in [0.3, 0.4) is 0 Å². The van der Waals surface area contributed by atoms with Crippen LogP contribution in [-0.4, -0.2) is 36.3 Å².